The summed E-state index contributed by atoms with van der Waals surface area (Å²) in [4.78, 5) is 10.4. The minimum atomic E-state index is -0.614. The Morgan fingerprint density at radius 1 is 1.38 bits per heavy atom. The third-order valence-electron chi connectivity index (χ3n) is 2.92. The molecule has 0 radical (unpaired) electrons. The van der Waals surface area contributed by atoms with E-state index in [1.165, 1.54) is 25.3 Å². The molecule has 0 heterocycles. The van der Waals surface area contributed by atoms with E-state index in [9.17, 15) is 19.6 Å². The highest BCUT2D eigenvalue weighted by atomic mass is 19.1. The van der Waals surface area contributed by atoms with Gasteiger partial charge in [0.2, 0.25) is 0 Å². The molecule has 2 N–H and O–H groups in total. The van der Waals surface area contributed by atoms with Crippen LogP contribution in [-0.4, -0.2) is 17.1 Å². The summed E-state index contributed by atoms with van der Waals surface area (Å²) in [5.41, 5.74) is 0.244. The van der Waals surface area contributed by atoms with Gasteiger partial charge < -0.3 is 15.2 Å². The van der Waals surface area contributed by atoms with Crippen molar-refractivity contribution in [2.75, 3.05) is 12.4 Å². The number of hydrogen-bond acceptors (Lipinski definition) is 5. The van der Waals surface area contributed by atoms with Crippen molar-refractivity contribution in [3.05, 3.63) is 57.9 Å². The quantitative estimate of drug-likeness (QED) is 0.653. The normalized spacial score (nSPS) is 10.2. The van der Waals surface area contributed by atoms with Crippen molar-refractivity contribution < 1.29 is 19.2 Å². The zero-order valence-electron chi connectivity index (χ0n) is 11.2. The average Bonchev–Trinajstić information content (AvgIpc) is 2.47. The van der Waals surface area contributed by atoms with Gasteiger partial charge >= 0.3 is 0 Å². The molecule has 0 aliphatic rings. The van der Waals surface area contributed by atoms with Crippen molar-refractivity contribution in [3.63, 3.8) is 0 Å². The number of phenols is 1. The Balaban J connectivity index is 2.30. The molecule has 0 aliphatic heterocycles. The van der Waals surface area contributed by atoms with Crippen LogP contribution in [0.1, 0.15) is 5.56 Å². The standard InChI is InChI=1S/C14H13FN2O4/c1-21-14-6-9(12(17(19)20)7-13(14)18)8-16-11-5-3-2-4-10(11)15/h2-7,16,18H,8H2,1H3. The van der Waals surface area contributed by atoms with Crippen LogP contribution < -0.4 is 10.1 Å². The van der Waals surface area contributed by atoms with E-state index in [1.54, 1.807) is 12.1 Å². The second-order valence-electron chi connectivity index (χ2n) is 4.24. The van der Waals surface area contributed by atoms with Gasteiger partial charge in [-0.1, -0.05) is 12.1 Å². The molecule has 0 atom stereocenters. The molecule has 0 spiro atoms. The number of nitrogens with zero attached hydrogens (tertiary/aromatic N) is 1. The van der Waals surface area contributed by atoms with Crippen molar-refractivity contribution >= 4 is 11.4 Å². The molecule has 2 aromatic carbocycles. The largest absolute Gasteiger partial charge is 0.504 e. The first-order chi connectivity index (χ1) is 10.0. The molecule has 0 aromatic heterocycles. The smallest absolute Gasteiger partial charge is 0.278 e. The van der Waals surface area contributed by atoms with Gasteiger partial charge in [0.15, 0.2) is 11.5 Å². The lowest BCUT2D eigenvalue weighted by molar-refractivity contribution is -0.385. The van der Waals surface area contributed by atoms with E-state index < -0.39 is 10.7 Å². The number of hydrogen-bond donors (Lipinski definition) is 2. The summed E-state index contributed by atoms with van der Waals surface area (Å²) in [6.45, 7) is 0.0217. The van der Waals surface area contributed by atoms with Gasteiger partial charge in [-0.05, 0) is 18.2 Å². The molecule has 0 saturated heterocycles. The molecule has 0 bridgehead atoms. The van der Waals surface area contributed by atoms with Crippen molar-refractivity contribution in [1.29, 1.82) is 0 Å². The van der Waals surface area contributed by atoms with Gasteiger partial charge in [-0.2, -0.15) is 0 Å². The molecule has 0 saturated carbocycles. The van der Waals surface area contributed by atoms with Gasteiger partial charge in [-0.3, -0.25) is 10.1 Å². The summed E-state index contributed by atoms with van der Waals surface area (Å²) in [7, 11) is 1.34. The number of nitrogens with one attached hydrogen (secondary N) is 1. The maximum atomic E-state index is 13.5. The van der Waals surface area contributed by atoms with Gasteiger partial charge in [0.1, 0.15) is 5.82 Å². The Kier molecular flexibility index (Phi) is 4.22. The fraction of sp³-hybridized carbons (Fsp3) is 0.143. The van der Waals surface area contributed by atoms with Crippen molar-refractivity contribution in [2.24, 2.45) is 0 Å². The molecule has 0 amide bonds. The molecule has 0 unspecified atom stereocenters. The van der Waals surface area contributed by atoms with Crippen LogP contribution >= 0.6 is 0 Å². The van der Waals surface area contributed by atoms with E-state index in [-0.39, 0.29) is 35.0 Å². The first kappa shape index (κ1) is 14.6. The molecule has 6 nitrogen and oxygen atoms in total. The fourth-order valence-corrected chi connectivity index (χ4v) is 1.87. The number of anilines is 1. The van der Waals surface area contributed by atoms with Gasteiger partial charge in [-0.25, -0.2) is 4.39 Å². The number of phenolic OH excluding ortho intramolecular Hbond substituents is 1. The van der Waals surface area contributed by atoms with E-state index in [4.69, 9.17) is 4.74 Å². The lowest BCUT2D eigenvalue weighted by Crippen LogP contribution is -2.05. The lowest BCUT2D eigenvalue weighted by Gasteiger charge is -2.10. The lowest BCUT2D eigenvalue weighted by atomic mass is 10.1. The van der Waals surface area contributed by atoms with E-state index in [0.717, 1.165) is 6.07 Å². The number of benzene rings is 2. The van der Waals surface area contributed by atoms with Crippen LogP contribution in [0.25, 0.3) is 0 Å². The number of methoxy groups -OCH3 is 1. The monoisotopic (exact) mass is 292 g/mol. The van der Waals surface area contributed by atoms with E-state index in [0.29, 0.717) is 0 Å². The summed E-state index contributed by atoms with van der Waals surface area (Å²) in [6.07, 6.45) is 0. The van der Waals surface area contributed by atoms with Crippen LogP contribution in [0, 0.1) is 15.9 Å². The Labute approximate surface area is 119 Å². The topological polar surface area (TPSA) is 84.6 Å². The molecule has 7 heteroatoms. The number of ether oxygens (including phenoxy) is 1. The number of nitro benzene ring substituents is 1. The second kappa shape index (κ2) is 6.08. The van der Waals surface area contributed by atoms with Gasteiger partial charge in [0.05, 0.1) is 29.4 Å². The fourth-order valence-electron chi connectivity index (χ4n) is 1.87. The molecule has 0 fully saturated rings. The SMILES string of the molecule is COc1cc(CNc2ccccc2F)c([N+](=O)[O-])cc1O. The molecule has 0 aliphatic carbocycles. The molecule has 2 aromatic rings. The third-order valence-corrected chi connectivity index (χ3v) is 2.92. The van der Waals surface area contributed by atoms with Crippen LogP contribution in [0.4, 0.5) is 15.8 Å². The predicted octanol–water partition coefficient (Wildman–Crippen LogP) is 3.06. The van der Waals surface area contributed by atoms with Crippen LogP contribution in [0.2, 0.25) is 0 Å². The van der Waals surface area contributed by atoms with E-state index in [2.05, 4.69) is 5.32 Å². The molecular formula is C14H13FN2O4. The Bertz CT molecular complexity index is 676. The van der Waals surface area contributed by atoms with Crippen molar-refractivity contribution in [2.45, 2.75) is 6.54 Å². The van der Waals surface area contributed by atoms with Gasteiger partial charge in [0, 0.05) is 6.54 Å². The highest BCUT2D eigenvalue weighted by molar-refractivity contribution is 5.55. The Hall–Kier alpha value is -2.83. The zero-order valence-corrected chi connectivity index (χ0v) is 11.2. The van der Waals surface area contributed by atoms with Crippen LogP contribution in [0.3, 0.4) is 0 Å². The number of rotatable bonds is 5. The first-order valence-corrected chi connectivity index (χ1v) is 6.05. The summed E-state index contributed by atoms with van der Waals surface area (Å²) in [6, 6.07) is 8.37. The number of aromatic hydroxyl groups is 1. The third kappa shape index (κ3) is 3.19. The summed E-state index contributed by atoms with van der Waals surface area (Å²) in [5, 5.41) is 23.4. The van der Waals surface area contributed by atoms with Crippen LogP contribution in [-0.2, 0) is 6.54 Å². The predicted molar refractivity (Wildman–Crippen MR) is 75.0 cm³/mol. The minimum Gasteiger partial charge on any atom is -0.504 e. The van der Waals surface area contributed by atoms with Crippen LogP contribution in [0.5, 0.6) is 11.5 Å². The molecular weight excluding hydrogens is 279 g/mol. The summed E-state index contributed by atoms with van der Waals surface area (Å²) in [5.74, 6) is -0.657. The maximum Gasteiger partial charge on any atom is 0.278 e. The Morgan fingerprint density at radius 3 is 2.71 bits per heavy atom. The zero-order chi connectivity index (χ0) is 15.4. The van der Waals surface area contributed by atoms with Gasteiger partial charge in [-0.15, -0.1) is 0 Å². The number of para-hydroxylation sites is 1. The highest BCUT2D eigenvalue weighted by Crippen LogP contribution is 2.34. The molecule has 21 heavy (non-hydrogen) atoms. The second-order valence-corrected chi connectivity index (χ2v) is 4.24. The van der Waals surface area contributed by atoms with E-state index >= 15 is 0 Å². The first-order valence-electron chi connectivity index (χ1n) is 6.05. The van der Waals surface area contributed by atoms with Crippen molar-refractivity contribution in [1.82, 2.24) is 0 Å². The maximum absolute atomic E-state index is 13.5. The highest BCUT2D eigenvalue weighted by Gasteiger charge is 2.18. The average molecular weight is 292 g/mol. The summed E-state index contributed by atoms with van der Waals surface area (Å²) < 4.78 is 18.4. The van der Waals surface area contributed by atoms with Crippen molar-refractivity contribution in [3.8, 4) is 11.5 Å². The molecule has 2 rings (SSSR count). The van der Waals surface area contributed by atoms with Gasteiger partial charge in [0.25, 0.3) is 5.69 Å². The molecule has 110 valence electrons. The summed E-state index contributed by atoms with van der Waals surface area (Å²) >= 11 is 0. The number of nitro groups is 1. The van der Waals surface area contributed by atoms with E-state index in [1.807, 2.05) is 0 Å². The van der Waals surface area contributed by atoms with Crippen LogP contribution in [0.15, 0.2) is 36.4 Å². The minimum absolute atomic E-state index is 0.0217. The number of halogens is 1. The Morgan fingerprint density at radius 2 is 2.10 bits per heavy atom.